The van der Waals surface area contributed by atoms with E-state index in [0.29, 0.717) is 0 Å². The van der Waals surface area contributed by atoms with Crippen LogP contribution < -0.4 is 5.72 Å². The first-order valence-electron chi connectivity index (χ1n) is 14.1. The normalized spacial score (nSPS) is 11.2. The summed E-state index contributed by atoms with van der Waals surface area (Å²) in [6.45, 7) is 2.31. The van der Waals surface area contributed by atoms with Gasteiger partial charge in [0.05, 0.1) is 5.72 Å². The van der Waals surface area contributed by atoms with Crippen molar-refractivity contribution < 1.29 is 0 Å². The number of nitrogens with zero attached hydrogens (tertiary/aromatic N) is 2. The van der Waals surface area contributed by atoms with Gasteiger partial charge >= 0.3 is 0 Å². The average molecular weight is 524 g/mol. The van der Waals surface area contributed by atoms with Gasteiger partial charge in [0.25, 0.3) is 0 Å². The molecule has 0 spiro atoms. The first kappa shape index (κ1) is 26.7. The van der Waals surface area contributed by atoms with Crippen LogP contribution in [0.2, 0.25) is 6.04 Å². The average Bonchev–Trinajstić information content (AvgIpc) is 3.45. The molecule has 1 radical (unpaired) electrons. The molecule has 4 aromatic carbocycles. The molecule has 39 heavy (non-hydrogen) atoms. The maximum atomic E-state index is 4.75. The van der Waals surface area contributed by atoms with Crippen LogP contribution in [0.1, 0.15) is 47.8 Å². The van der Waals surface area contributed by atoms with Gasteiger partial charge in [0, 0.05) is 28.1 Å². The summed E-state index contributed by atoms with van der Waals surface area (Å²) in [5.41, 5.74) is 9.15. The van der Waals surface area contributed by atoms with Crippen molar-refractivity contribution in [3.8, 4) is 0 Å². The molecule has 0 aliphatic carbocycles. The van der Waals surface area contributed by atoms with Crippen LogP contribution in [-0.4, -0.2) is 26.4 Å². The summed E-state index contributed by atoms with van der Waals surface area (Å²) in [7, 11) is 2.08. The third kappa shape index (κ3) is 7.16. The summed E-state index contributed by atoms with van der Waals surface area (Å²) in [4.78, 5) is 4.75. The molecule has 2 nitrogen and oxygen atoms in total. The monoisotopic (exact) mass is 523 g/mol. The summed E-state index contributed by atoms with van der Waals surface area (Å²) >= 11 is 0. The molecule has 0 fully saturated rings. The minimum atomic E-state index is -0.251. The van der Waals surface area contributed by atoms with Gasteiger partial charge in [-0.25, -0.2) is 0 Å². The molecule has 0 aliphatic heterocycles. The van der Waals surface area contributed by atoms with Gasteiger partial charge in [-0.1, -0.05) is 139 Å². The van der Waals surface area contributed by atoms with Gasteiger partial charge < -0.3 is 4.57 Å². The smallest absolute Gasteiger partial charge is 0.215 e. The molecule has 0 saturated heterocycles. The number of imidazole rings is 1. The first-order chi connectivity index (χ1) is 19.3. The Kier molecular flexibility index (Phi) is 9.43. The molecule has 0 N–H and O–H groups in total. The lowest BCUT2D eigenvalue weighted by molar-refractivity contribution is 0.861. The Labute approximate surface area is 236 Å². The molecule has 193 valence electrons. The third-order valence-corrected chi connectivity index (χ3v) is 9.18. The van der Waals surface area contributed by atoms with Crippen LogP contribution in [0.3, 0.4) is 0 Å². The predicted molar refractivity (Wildman–Crippen MR) is 170 cm³/mol. The van der Waals surface area contributed by atoms with Gasteiger partial charge in [-0.05, 0) is 47.0 Å². The fourth-order valence-electron chi connectivity index (χ4n) is 5.37. The standard InChI is InChI=1S/C35H36BN2Si/c1-28(33(29-16-6-2-7-17-29)30-18-8-3-9-19-30)15-14-26-39-27-38-25-24-37-35(38)36-34(31-20-10-4-11-21-31)32-22-12-5-13-23-32/h2-13,16-25,34H,14-15,26-27,39H2,1H3. The number of hydrogen-bond acceptors (Lipinski definition) is 1. The zero-order chi connectivity index (χ0) is 26.7. The summed E-state index contributed by atoms with van der Waals surface area (Å²) in [5, 5.41) is 0. The van der Waals surface area contributed by atoms with E-state index in [1.807, 2.05) is 6.20 Å². The fraction of sp³-hybridized carbons (Fsp3) is 0.171. The zero-order valence-electron chi connectivity index (χ0n) is 22.8. The number of rotatable bonds is 12. The number of hydrogen-bond donors (Lipinski definition) is 0. The van der Waals surface area contributed by atoms with E-state index in [1.54, 1.807) is 0 Å². The molecular formula is C35H36BN2Si. The largest absolute Gasteiger partial charge is 0.347 e. The topological polar surface area (TPSA) is 17.8 Å². The number of aromatic nitrogens is 2. The Morgan fingerprint density at radius 1 is 0.744 bits per heavy atom. The van der Waals surface area contributed by atoms with Gasteiger partial charge in [-0.3, -0.25) is 4.98 Å². The van der Waals surface area contributed by atoms with E-state index in [1.165, 1.54) is 45.9 Å². The van der Waals surface area contributed by atoms with Gasteiger partial charge in [0.1, 0.15) is 0 Å². The molecular weight excluding hydrogens is 487 g/mol. The second-order valence-corrected chi connectivity index (χ2v) is 12.0. The molecule has 0 amide bonds. The summed E-state index contributed by atoms with van der Waals surface area (Å²) in [6.07, 6.45) is 7.60. The maximum Gasteiger partial charge on any atom is 0.215 e. The lowest BCUT2D eigenvalue weighted by atomic mass is 9.58. The SMILES string of the molecule is CC(CCC[SiH2]Cn1ccnc1[B]C(c1ccccc1)c1ccccc1)=C(c1ccccc1)c1ccccc1. The predicted octanol–water partition coefficient (Wildman–Crippen LogP) is 6.85. The van der Waals surface area contributed by atoms with Crippen LogP contribution in [0.4, 0.5) is 0 Å². The van der Waals surface area contributed by atoms with Gasteiger partial charge in [0.2, 0.25) is 7.28 Å². The van der Waals surface area contributed by atoms with Crippen LogP contribution in [0.25, 0.3) is 5.57 Å². The highest BCUT2D eigenvalue weighted by Gasteiger charge is 2.19. The highest BCUT2D eigenvalue weighted by molar-refractivity contribution is 6.54. The number of allylic oxidation sites excluding steroid dienone is 1. The Bertz CT molecular complexity index is 1370. The highest BCUT2D eigenvalue weighted by Crippen LogP contribution is 2.29. The Balaban J connectivity index is 1.21. The van der Waals surface area contributed by atoms with Crippen molar-refractivity contribution in [3.63, 3.8) is 0 Å². The number of benzene rings is 4. The van der Waals surface area contributed by atoms with Crippen molar-refractivity contribution in [2.75, 3.05) is 0 Å². The third-order valence-electron chi connectivity index (χ3n) is 7.38. The minimum absolute atomic E-state index is 0.192. The molecule has 0 unspecified atom stereocenters. The fourth-order valence-corrected chi connectivity index (χ4v) is 6.91. The van der Waals surface area contributed by atoms with Crippen LogP contribution in [0.15, 0.2) is 139 Å². The van der Waals surface area contributed by atoms with Crippen molar-refractivity contribution in [3.05, 3.63) is 162 Å². The summed E-state index contributed by atoms with van der Waals surface area (Å²) in [6, 6.07) is 44.5. The van der Waals surface area contributed by atoms with Gasteiger partial charge in [-0.2, -0.15) is 0 Å². The van der Waals surface area contributed by atoms with Crippen molar-refractivity contribution in [2.24, 2.45) is 0 Å². The maximum absolute atomic E-state index is 4.75. The van der Waals surface area contributed by atoms with Crippen LogP contribution in [0, 0.1) is 0 Å². The van der Waals surface area contributed by atoms with E-state index < -0.39 is 0 Å². The molecule has 0 aliphatic rings. The van der Waals surface area contributed by atoms with Crippen molar-refractivity contribution >= 4 is 28.1 Å². The first-order valence-corrected chi connectivity index (χ1v) is 16.1. The highest BCUT2D eigenvalue weighted by atomic mass is 28.2. The Hall–Kier alpha value is -3.89. The quantitative estimate of drug-likeness (QED) is 0.129. The van der Waals surface area contributed by atoms with Crippen molar-refractivity contribution in [1.29, 1.82) is 0 Å². The van der Waals surface area contributed by atoms with Crippen molar-refractivity contribution in [1.82, 2.24) is 9.55 Å². The van der Waals surface area contributed by atoms with E-state index in [4.69, 9.17) is 4.98 Å². The molecule has 1 heterocycles. The van der Waals surface area contributed by atoms with Crippen molar-refractivity contribution in [2.45, 2.75) is 37.8 Å². The molecule has 1 aromatic heterocycles. The second kappa shape index (κ2) is 13.8. The van der Waals surface area contributed by atoms with E-state index in [-0.39, 0.29) is 15.3 Å². The molecule has 0 atom stereocenters. The molecule has 0 bridgehead atoms. The Morgan fingerprint density at radius 3 is 1.79 bits per heavy atom. The minimum Gasteiger partial charge on any atom is -0.347 e. The summed E-state index contributed by atoms with van der Waals surface area (Å²) < 4.78 is 2.37. The zero-order valence-corrected chi connectivity index (χ0v) is 24.2. The summed E-state index contributed by atoms with van der Waals surface area (Å²) in [5.74, 6) is 0.192. The lowest BCUT2D eigenvalue weighted by Crippen LogP contribution is -2.32. The lowest BCUT2D eigenvalue weighted by Gasteiger charge is -2.18. The van der Waals surface area contributed by atoms with Crippen LogP contribution in [-0.2, 0) is 6.17 Å². The van der Waals surface area contributed by atoms with Gasteiger partial charge in [-0.15, -0.1) is 0 Å². The molecule has 4 heteroatoms. The molecule has 0 saturated carbocycles. The molecule has 5 rings (SSSR count). The van der Waals surface area contributed by atoms with E-state index in [0.717, 1.165) is 18.3 Å². The van der Waals surface area contributed by atoms with Crippen LogP contribution in [0.5, 0.6) is 0 Å². The van der Waals surface area contributed by atoms with Crippen LogP contribution >= 0.6 is 0 Å². The Morgan fingerprint density at radius 2 is 1.26 bits per heavy atom. The van der Waals surface area contributed by atoms with E-state index in [2.05, 4.69) is 146 Å². The van der Waals surface area contributed by atoms with E-state index >= 15 is 0 Å². The van der Waals surface area contributed by atoms with E-state index in [9.17, 15) is 0 Å². The molecule has 5 aromatic rings. The second-order valence-electron chi connectivity index (χ2n) is 10.1. The van der Waals surface area contributed by atoms with Gasteiger partial charge in [0.15, 0.2) is 0 Å².